The van der Waals surface area contributed by atoms with Crippen molar-refractivity contribution in [2.75, 3.05) is 11.4 Å². The first kappa shape index (κ1) is 11.4. The summed E-state index contributed by atoms with van der Waals surface area (Å²) in [7, 11) is 0. The quantitative estimate of drug-likeness (QED) is 0.675. The SMILES string of the molecule is C#C/C=C(/C)N(CC)c1ccc(C)cc1. The minimum Gasteiger partial charge on any atom is -0.345 e. The van der Waals surface area contributed by atoms with E-state index in [9.17, 15) is 0 Å². The minimum absolute atomic E-state index is 0.924. The van der Waals surface area contributed by atoms with Gasteiger partial charge in [-0.25, -0.2) is 0 Å². The van der Waals surface area contributed by atoms with Crippen LogP contribution in [0.3, 0.4) is 0 Å². The van der Waals surface area contributed by atoms with Crippen molar-refractivity contribution in [3.63, 3.8) is 0 Å². The van der Waals surface area contributed by atoms with E-state index >= 15 is 0 Å². The summed E-state index contributed by atoms with van der Waals surface area (Å²) < 4.78 is 0. The first-order chi connectivity index (χ1) is 7.19. The maximum Gasteiger partial charge on any atom is 0.0408 e. The number of anilines is 1. The Kier molecular flexibility index (Phi) is 4.00. The summed E-state index contributed by atoms with van der Waals surface area (Å²) in [4.78, 5) is 2.19. The zero-order valence-corrected chi connectivity index (χ0v) is 9.62. The third-order valence-electron chi connectivity index (χ3n) is 2.38. The molecule has 0 aliphatic carbocycles. The Morgan fingerprint density at radius 2 is 2.00 bits per heavy atom. The van der Waals surface area contributed by atoms with Gasteiger partial charge in [0.05, 0.1) is 0 Å². The van der Waals surface area contributed by atoms with E-state index in [0.29, 0.717) is 0 Å². The van der Waals surface area contributed by atoms with Crippen molar-refractivity contribution in [1.29, 1.82) is 0 Å². The first-order valence-electron chi connectivity index (χ1n) is 5.16. The highest BCUT2D eigenvalue weighted by Gasteiger charge is 2.04. The molecular formula is C14H17N. The normalized spacial score (nSPS) is 10.9. The monoisotopic (exact) mass is 199 g/mol. The molecule has 0 saturated carbocycles. The lowest BCUT2D eigenvalue weighted by molar-refractivity contribution is 0.954. The topological polar surface area (TPSA) is 3.24 Å². The summed E-state index contributed by atoms with van der Waals surface area (Å²) in [5.74, 6) is 2.56. The maximum atomic E-state index is 5.27. The molecule has 0 unspecified atom stereocenters. The lowest BCUT2D eigenvalue weighted by Gasteiger charge is -2.23. The number of nitrogens with zero attached hydrogens (tertiary/aromatic N) is 1. The molecule has 1 aromatic rings. The molecule has 0 amide bonds. The second-order valence-corrected chi connectivity index (χ2v) is 3.53. The van der Waals surface area contributed by atoms with Crippen LogP contribution in [0.15, 0.2) is 36.0 Å². The fourth-order valence-electron chi connectivity index (χ4n) is 1.56. The van der Waals surface area contributed by atoms with Crippen molar-refractivity contribution in [3.8, 4) is 12.3 Å². The van der Waals surface area contributed by atoms with Gasteiger partial charge in [0.2, 0.25) is 0 Å². The third kappa shape index (κ3) is 2.89. The standard InChI is InChI=1S/C14H17N/c1-5-7-13(4)15(6-2)14-10-8-12(3)9-11-14/h1,7-11H,6H2,2-4H3/b13-7-. The Morgan fingerprint density at radius 1 is 1.40 bits per heavy atom. The fraction of sp³-hybridized carbons (Fsp3) is 0.286. The van der Waals surface area contributed by atoms with E-state index in [2.05, 4.69) is 48.9 Å². The van der Waals surface area contributed by atoms with Gasteiger partial charge in [-0.1, -0.05) is 23.6 Å². The lowest BCUT2D eigenvalue weighted by Crippen LogP contribution is -2.19. The molecule has 0 aromatic heterocycles. The molecule has 0 saturated heterocycles. The summed E-state index contributed by atoms with van der Waals surface area (Å²) in [6.45, 7) is 7.16. The number of hydrogen-bond acceptors (Lipinski definition) is 1. The Balaban J connectivity index is 2.98. The highest BCUT2D eigenvalue weighted by Crippen LogP contribution is 2.18. The third-order valence-corrected chi connectivity index (χ3v) is 2.38. The Bertz CT molecular complexity index is 379. The Hall–Kier alpha value is -1.68. The van der Waals surface area contributed by atoms with Crippen LogP contribution in [0, 0.1) is 19.3 Å². The molecule has 0 aliphatic heterocycles. The van der Waals surface area contributed by atoms with Gasteiger partial charge in [0.25, 0.3) is 0 Å². The van der Waals surface area contributed by atoms with Gasteiger partial charge in [-0.2, -0.15) is 0 Å². The second kappa shape index (κ2) is 5.26. The van der Waals surface area contributed by atoms with E-state index in [4.69, 9.17) is 6.42 Å². The average molecular weight is 199 g/mol. The molecule has 1 rings (SSSR count). The number of rotatable bonds is 3. The molecule has 0 radical (unpaired) electrons. The second-order valence-electron chi connectivity index (χ2n) is 3.53. The highest BCUT2D eigenvalue weighted by molar-refractivity contribution is 5.53. The van der Waals surface area contributed by atoms with Crippen LogP contribution in [0.2, 0.25) is 0 Å². The summed E-state index contributed by atoms with van der Waals surface area (Å²) in [6, 6.07) is 8.46. The average Bonchev–Trinajstić information content (AvgIpc) is 2.22. The zero-order valence-electron chi connectivity index (χ0n) is 9.62. The summed E-state index contributed by atoms with van der Waals surface area (Å²) in [5, 5.41) is 0. The van der Waals surface area contributed by atoms with Crippen LogP contribution in [0.5, 0.6) is 0 Å². The van der Waals surface area contributed by atoms with Gasteiger partial charge in [-0.05, 0) is 32.9 Å². The van der Waals surface area contributed by atoms with Crippen molar-refractivity contribution in [2.24, 2.45) is 0 Å². The van der Waals surface area contributed by atoms with Gasteiger partial charge < -0.3 is 4.90 Å². The number of aryl methyl sites for hydroxylation is 1. The molecule has 0 bridgehead atoms. The smallest absolute Gasteiger partial charge is 0.0408 e. The summed E-state index contributed by atoms with van der Waals surface area (Å²) in [5.41, 5.74) is 3.56. The highest BCUT2D eigenvalue weighted by atomic mass is 15.1. The maximum absolute atomic E-state index is 5.27. The minimum atomic E-state index is 0.924. The molecule has 0 aliphatic rings. The van der Waals surface area contributed by atoms with Gasteiger partial charge in [0.15, 0.2) is 0 Å². The molecule has 1 heteroatoms. The van der Waals surface area contributed by atoms with Crippen molar-refractivity contribution in [3.05, 3.63) is 41.6 Å². The van der Waals surface area contributed by atoms with Crippen LogP contribution in [0.25, 0.3) is 0 Å². The predicted octanol–water partition coefficient (Wildman–Crippen LogP) is 3.36. The lowest BCUT2D eigenvalue weighted by atomic mass is 10.2. The molecule has 0 spiro atoms. The molecule has 0 fully saturated rings. The van der Waals surface area contributed by atoms with Crippen LogP contribution in [0.4, 0.5) is 5.69 Å². The number of allylic oxidation sites excluding steroid dienone is 2. The van der Waals surface area contributed by atoms with E-state index in [1.54, 1.807) is 6.08 Å². The van der Waals surface area contributed by atoms with Crippen LogP contribution in [-0.2, 0) is 0 Å². The molecule has 0 N–H and O–H groups in total. The van der Waals surface area contributed by atoms with Crippen molar-refractivity contribution in [2.45, 2.75) is 20.8 Å². The van der Waals surface area contributed by atoms with E-state index in [1.807, 2.05) is 6.92 Å². The van der Waals surface area contributed by atoms with E-state index in [-0.39, 0.29) is 0 Å². The Labute approximate surface area is 92.4 Å². The fourth-order valence-corrected chi connectivity index (χ4v) is 1.56. The van der Waals surface area contributed by atoms with Gasteiger partial charge in [0, 0.05) is 24.0 Å². The van der Waals surface area contributed by atoms with Crippen LogP contribution in [0.1, 0.15) is 19.4 Å². The van der Waals surface area contributed by atoms with Gasteiger partial charge >= 0.3 is 0 Å². The molecule has 1 nitrogen and oxygen atoms in total. The number of hydrogen-bond donors (Lipinski definition) is 0. The number of benzene rings is 1. The zero-order chi connectivity index (χ0) is 11.3. The summed E-state index contributed by atoms with van der Waals surface area (Å²) in [6.07, 6.45) is 7.07. The van der Waals surface area contributed by atoms with E-state index < -0.39 is 0 Å². The largest absolute Gasteiger partial charge is 0.345 e. The van der Waals surface area contributed by atoms with Crippen molar-refractivity contribution < 1.29 is 0 Å². The molecule has 1 aromatic carbocycles. The number of terminal acetylenes is 1. The molecule has 0 heterocycles. The van der Waals surface area contributed by atoms with Crippen molar-refractivity contribution >= 4 is 5.69 Å². The molecule has 78 valence electrons. The molecule has 15 heavy (non-hydrogen) atoms. The van der Waals surface area contributed by atoms with Crippen LogP contribution < -0.4 is 4.90 Å². The molecular weight excluding hydrogens is 182 g/mol. The van der Waals surface area contributed by atoms with Crippen LogP contribution >= 0.6 is 0 Å². The van der Waals surface area contributed by atoms with E-state index in [0.717, 1.165) is 12.2 Å². The Morgan fingerprint density at radius 3 is 2.47 bits per heavy atom. The van der Waals surface area contributed by atoms with E-state index in [1.165, 1.54) is 11.3 Å². The summed E-state index contributed by atoms with van der Waals surface area (Å²) >= 11 is 0. The van der Waals surface area contributed by atoms with Gasteiger partial charge in [-0.15, -0.1) is 6.42 Å². The first-order valence-corrected chi connectivity index (χ1v) is 5.16. The predicted molar refractivity (Wildman–Crippen MR) is 66.8 cm³/mol. The molecule has 0 atom stereocenters. The van der Waals surface area contributed by atoms with Crippen molar-refractivity contribution in [1.82, 2.24) is 0 Å². The van der Waals surface area contributed by atoms with Gasteiger partial charge in [-0.3, -0.25) is 0 Å². The van der Waals surface area contributed by atoms with Gasteiger partial charge in [0.1, 0.15) is 0 Å². The van der Waals surface area contributed by atoms with Crippen LogP contribution in [-0.4, -0.2) is 6.54 Å².